The molecule has 0 aliphatic carbocycles. The van der Waals surface area contributed by atoms with E-state index in [4.69, 9.17) is 4.42 Å². The highest BCUT2D eigenvalue weighted by atomic mass is 32.1. The Morgan fingerprint density at radius 1 is 1.38 bits per heavy atom. The number of nitrogens with zero attached hydrogens (tertiary/aromatic N) is 3. The minimum absolute atomic E-state index is 0.186. The maximum atomic E-state index is 11.9. The minimum Gasteiger partial charge on any atom is -0.472 e. The van der Waals surface area contributed by atoms with Gasteiger partial charge in [0.15, 0.2) is 0 Å². The molecule has 0 unspecified atom stereocenters. The van der Waals surface area contributed by atoms with Crippen LogP contribution in [0.2, 0.25) is 0 Å². The molecule has 106 valence electrons. The van der Waals surface area contributed by atoms with E-state index in [1.165, 1.54) is 11.3 Å². The molecular formula is C14H12N4O2S. The average Bonchev–Trinajstić information content (AvgIpc) is 3.08. The lowest BCUT2D eigenvalue weighted by Gasteiger charge is -2.02. The van der Waals surface area contributed by atoms with E-state index in [9.17, 15) is 4.79 Å². The molecule has 0 aromatic carbocycles. The standard InChI is InChI=1S/C14H12N4O2S/c1-9-2-4-15-14(16-9)18-12(19)6-11-8-21-13(17-11)10-3-5-20-7-10/h2-5,7-8H,6H2,1H3,(H,15,16,18,19). The van der Waals surface area contributed by atoms with Crippen molar-refractivity contribution in [2.45, 2.75) is 13.3 Å². The number of carbonyl (C=O) groups excluding carboxylic acids is 1. The van der Waals surface area contributed by atoms with Gasteiger partial charge in [0, 0.05) is 22.8 Å². The molecule has 0 bridgehead atoms. The number of rotatable bonds is 4. The second kappa shape index (κ2) is 5.84. The van der Waals surface area contributed by atoms with Crippen LogP contribution in [0.1, 0.15) is 11.4 Å². The molecule has 3 aromatic heterocycles. The van der Waals surface area contributed by atoms with Crippen LogP contribution in [0.3, 0.4) is 0 Å². The van der Waals surface area contributed by atoms with Gasteiger partial charge in [0.1, 0.15) is 11.3 Å². The summed E-state index contributed by atoms with van der Waals surface area (Å²) < 4.78 is 5.02. The highest BCUT2D eigenvalue weighted by Crippen LogP contribution is 2.24. The van der Waals surface area contributed by atoms with Gasteiger partial charge in [-0.3, -0.25) is 10.1 Å². The first-order chi connectivity index (χ1) is 10.2. The van der Waals surface area contributed by atoms with Crippen molar-refractivity contribution < 1.29 is 9.21 Å². The second-order valence-corrected chi connectivity index (χ2v) is 5.26. The van der Waals surface area contributed by atoms with E-state index in [-0.39, 0.29) is 12.3 Å². The highest BCUT2D eigenvalue weighted by Gasteiger charge is 2.11. The molecule has 0 saturated carbocycles. The molecule has 0 atom stereocenters. The van der Waals surface area contributed by atoms with E-state index in [1.54, 1.807) is 24.8 Å². The van der Waals surface area contributed by atoms with Gasteiger partial charge in [-0.15, -0.1) is 11.3 Å². The van der Waals surface area contributed by atoms with Crippen molar-refractivity contribution >= 4 is 23.2 Å². The SMILES string of the molecule is Cc1ccnc(NC(=O)Cc2csc(-c3ccoc3)n2)n1. The van der Waals surface area contributed by atoms with Gasteiger partial charge in [-0.1, -0.05) is 0 Å². The maximum absolute atomic E-state index is 11.9. The van der Waals surface area contributed by atoms with Gasteiger partial charge in [-0.05, 0) is 19.1 Å². The minimum atomic E-state index is -0.190. The Hall–Kier alpha value is -2.54. The fourth-order valence-electron chi connectivity index (χ4n) is 1.75. The quantitative estimate of drug-likeness (QED) is 0.801. The molecule has 0 spiro atoms. The third-order valence-corrected chi connectivity index (χ3v) is 3.65. The first-order valence-corrected chi connectivity index (χ1v) is 7.15. The van der Waals surface area contributed by atoms with E-state index in [2.05, 4.69) is 20.3 Å². The molecule has 0 aliphatic rings. The molecule has 1 N–H and O–H groups in total. The lowest BCUT2D eigenvalue weighted by atomic mass is 10.3. The fraction of sp³-hybridized carbons (Fsp3) is 0.143. The first kappa shape index (κ1) is 13.4. The van der Waals surface area contributed by atoms with Crippen molar-refractivity contribution in [1.82, 2.24) is 15.0 Å². The molecule has 3 rings (SSSR count). The summed E-state index contributed by atoms with van der Waals surface area (Å²) in [5.74, 6) is 0.120. The van der Waals surface area contributed by atoms with Crippen molar-refractivity contribution in [3.05, 3.63) is 47.6 Å². The molecule has 0 saturated heterocycles. The Labute approximate surface area is 124 Å². The number of carbonyl (C=O) groups is 1. The fourth-order valence-corrected chi connectivity index (χ4v) is 2.56. The summed E-state index contributed by atoms with van der Waals surface area (Å²) >= 11 is 1.48. The van der Waals surface area contributed by atoms with Crippen LogP contribution in [-0.4, -0.2) is 20.9 Å². The van der Waals surface area contributed by atoms with Crippen LogP contribution in [0.25, 0.3) is 10.6 Å². The van der Waals surface area contributed by atoms with Gasteiger partial charge in [-0.25, -0.2) is 15.0 Å². The Bertz CT molecular complexity index is 752. The number of thiazole rings is 1. The summed E-state index contributed by atoms with van der Waals surface area (Å²) in [7, 11) is 0. The summed E-state index contributed by atoms with van der Waals surface area (Å²) in [6.45, 7) is 1.84. The number of amides is 1. The van der Waals surface area contributed by atoms with Crippen LogP contribution in [-0.2, 0) is 11.2 Å². The maximum Gasteiger partial charge on any atom is 0.232 e. The Balaban J connectivity index is 1.65. The summed E-state index contributed by atoms with van der Waals surface area (Å²) in [4.78, 5) is 24.5. The highest BCUT2D eigenvalue weighted by molar-refractivity contribution is 7.13. The number of nitrogens with one attached hydrogen (secondary N) is 1. The molecule has 6 nitrogen and oxygen atoms in total. The van der Waals surface area contributed by atoms with Crippen molar-refractivity contribution in [1.29, 1.82) is 0 Å². The van der Waals surface area contributed by atoms with Crippen LogP contribution in [0.4, 0.5) is 5.95 Å². The van der Waals surface area contributed by atoms with E-state index in [1.807, 2.05) is 18.4 Å². The van der Waals surface area contributed by atoms with E-state index >= 15 is 0 Å². The molecule has 1 amide bonds. The zero-order valence-corrected chi connectivity index (χ0v) is 12.1. The van der Waals surface area contributed by atoms with Gasteiger partial charge >= 0.3 is 0 Å². The van der Waals surface area contributed by atoms with Crippen molar-refractivity contribution in [3.8, 4) is 10.6 Å². The number of hydrogen-bond acceptors (Lipinski definition) is 6. The first-order valence-electron chi connectivity index (χ1n) is 6.27. The average molecular weight is 300 g/mol. The number of furan rings is 1. The van der Waals surface area contributed by atoms with Gasteiger partial charge in [-0.2, -0.15) is 0 Å². The zero-order chi connectivity index (χ0) is 14.7. The third kappa shape index (κ3) is 3.32. The van der Waals surface area contributed by atoms with Crippen molar-refractivity contribution in [3.63, 3.8) is 0 Å². The summed E-state index contributed by atoms with van der Waals surface area (Å²) in [5.41, 5.74) is 2.42. The largest absolute Gasteiger partial charge is 0.472 e. The second-order valence-electron chi connectivity index (χ2n) is 4.40. The normalized spacial score (nSPS) is 10.5. The van der Waals surface area contributed by atoms with E-state index in [0.717, 1.165) is 16.3 Å². The Kier molecular flexibility index (Phi) is 3.74. The van der Waals surface area contributed by atoms with Crippen LogP contribution in [0.15, 0.2) is 40.7 Å². The van der Waals surface area contributed by atoms with Gasteiger partial charge in [0.2, 0.25) is 11.9 Å². The topological polar surface area (TPSA) is 80.9 Å². The van der Waals surface area contributed by atoms with Crippen LogP contribution in [0, 0.1) is 6.92 Å². The lowest BCUT2D eigenvalue weighted by molar-refractivity contribution is -0.115. The molecular weight excluding hydrogens is 288 g/mol. The monoisotopic (exact) mass is 300 g/mol. The van der Waals surface area contributed by atoms with E-state index in [0.29, 0.717) is 11.6 Å². The Morgan fingerprint density at radius 3 is 3.05 bits per heavy atom. The molecule has 21 heavy (non-hydrogen) atoms. The number of anilines is 1. The molecule has 3 aromatic rings. The summed E-state index contributed by atoms with van der Waals surface area (Å²) in [5, 5.41) is 5.35. The molecule has 0 fully saturated rings. The smallest absolute Gasteiger partial charge is 0.232 e. The van der Waals surface area contributed by atoms with Crippen LogP contribution >= 0.6 is 11.3 Å². The van der Waals surface area contributed by atoms with Crippen molar-refractivity contribution in [2.24, 2.45) is 0 Å². The lowest BCUT2D eigenvalue weighted by Crippen LogP contribution is -2.16. The number of aromatic nitrogens is 3. The van der Waals surface area contributed by atoms with Gasteiger partial charge in [0.25, 0.3) is 0 Å². The molecule has 7 heteroatoms. The number of aryl methyl sites for hydroxylation is 1. The van der Waals surface area contributed by atoms with Gasteiger partial charge in [0.05, 0.1) is 18.4 Å². The predicted octanol–water partition coefficient (Wildman–Crippen LogP) is 2.68. The molecule has 0 radical (unpaired) electrons. The Morgan fingerprint density at radius 2 is 2.29 bits per heavy atom. The predicted molar refractivity (Wildman–Crippen MR) is 78.9 cm³/mol. The van der Waals surface area contributed by atoms with Crippen LogP contribution in [0.5, 0.6) is 0 Å². The zero-order valence-electron chi connectivity index (χ0n) is 11.2. The van der Waals surface area contributed by atoms with Crippen molar-refractivity contribution in [2.75, 3.05) is 5.32 Å². The van der Waals surface area contributed by atoms with Crippen LogP contribution < -0.4 is 5.32 Å². The van der Waals surface area contributed by atoms with Gasteiger partial charge < -0.3 is 4.42 Å². The number of hydrogen-bond donors (Lipinski definition) is 1. The third-order valence-electron chi connectivity index (χ3n) is 2.71. The molecule has 0 aliphatic heterocycles. The summed E-state index contributed by atoms with van der Waals surface area (Å²) in [6.07, 6.45) is 5.02. The summed E-state index contributed by atoms with van der Waals surface area (Å²) in [6, 6.07) is 3.61. The van der Waals surface area contributed by atoms with E-state index < -0.39 is 0 Å². The molecule has 3 heterocycles.